The van der Waals surface area contributed by atoms with E-state index in [9.17, 15) is 19.4 Å². The van der Waals surface area contributed by atoms with Gasteiger partial charge in [0.1, 0.15) is 13.2 Å². The van der Waals surface area contributed by atoms with Crippen LogP contribution in [0.4, 0.5) is 0 Å². The van der Waals surface area contributed by atoms with Crippen molar-refractivity contribution >= 4 is 13.7 Å². The van der Waals surface area contributed by atoms with Crippen LogP contribution in [0.1, 0.15) is 226 Å². The van der Waals surface area contributed by atoms with Gasteiger partial charge in [0.25, 0.3) is 0 Å². The third-order valence-electron chi connectivity index (χ3n) is 11.9. The van der Waals surface area contributed by atoms with Crippen LogP contribution in [0.2, 0.25) is 0 Å². The van der Waals surface area contributed by atoms with E-state index in [1.807, 2.05) is 21.1 Å². The largest absolute Gasteiger partial charge is 0.472 e. The summed E-state index contributed by atoms with van der Waals surface area (Å²) < 4.78 is 23.6. The second kappa shape index (κ2) is 48.7. The molecule has 0 radical (unpaired) electrons. The lowest BCUT2D eigenvalue weighted by Gasteiger charge is -2.26. The van der Waals surface area contributed by atoms with Gasteiger partial charge in [0.15, 0.2) is 0 Å². The number of phosphoric acid groups is 1. The van der Waals surface area contributed by atoms with E-state index in [2.05, 4.69) is 104 Å². The first-order chi connectivity index (χ1) is 32.5. The monoisotopic (exact) mass is 958 g/mol. The van der Waals surface area contributed by atoms with Gasteiger partial charge in [0.2, 0.25) is 5.91 Å². The highest BCUT2D eigenvalue weighted by Gasteiger charge is 2.28. The normalized spacial score (nSPS) is 14.7. The standard InChI is InChI=1S/C58H105N2O6P/c1-6-8-10-12-14-16-17-18-19-20-21-22-23-24-25-26-27-28-29-30-31-32-33-34-35-36-37-38-39-40-41-42-43-44-46-48-50-52-58(62)59-56(55-66-67(63,64)65-54-53-60(3,4)5)57(61)51-49-47-45-15-13-11-9-7-2/h8,10,14,16,18-19,21-22,24-25,27-28,30-31,56-57,61H,6-7,9,11-13,15,17,20,23,26,29,32-55H2,1-5H3,(H-,59,62,63,64)/p+1/b10-8-,16-14-,19-18-,22-21-,25-24-,28-27-,31-30-. The first-order valence-corrected chi connectivity index (χ1v) is 28.9. The topological polar surface area (TPSA) is 105 Å². The van der Waals surface area contributed by atoms with Gasteiger partial charge in [-0.25, -0.2) is 4.57 Å². The van der Waals surface area contributed by atoms with E-state index in [-0.39, 0.29) is 19.1 Å². The molecule has 1 amide bonds. The van der Waals surface area contributed by atoms with Gasteiger partial charge in [-0.1, -0.05) is 234 Å². The van der Waals surface area contributed by atoms with Crippen molar-refractivity contribution in [2.45, 2.75) is 238 Å². The predicted octanol–water partition coefficient (Wildman–Crippen LogP) is 16.5. The average Bonchev–Trinajstić information content (AvgIpc) is 3.29. The van der Waals surface area contributed by atoms with E-state index >= 15 is 0 Å². The maximum absolute atomic E-state index is 12.9. The van der Waals surface area contributed by atoms with Crippen LogP contribution in [-0.4, -0.2) is 73.4 Å². The molecule has 0 saturated heterocycles. The highest BCUT2D eigenvalue weighted by Crippen LogP contribution is 2.43. The van der Waals surface area contributed by atoms with Gasteiger partial charge in [-0.3, -0.25) is 13.8 Å². The van der Waals surface area contributed by atoms with E-state index in [0.717, 1.165) is 83.5 Å². The maximum Gasteiger partial charge on any atom is 0.472 e. The number of carbonyl (C=O) groups is 1. The second-order valence-corrected chi connectivity index (χ2v) is 21.0. The molecule has 0 aromatic rings. The molecule has 0 heterocycles. The average molecular weight is 958 g/mol. The molecule has 67 heavy (non-hydrogen) atoms. The number of aliphatic hydroxyl groups excluding tert-OH is 1. The number of amides is 1. The number of unbranched alkanes of at least 4 members (excludes halogenated alkanes) is 22. The molecule has 0 fully saturated rings. The van der Waals surface area contributed by atoms with Crippen LogP contribution in [0.25, 0.3) is 0 Å². The van der Waals surface area contributed by atoms with E-state index in [4.69, 9.17) is 9.05 Å². The fourth-order valence-corrected chi connectivity index (χ4v) is 8.35. The molecule has 0 spiro atoms. The van der Waals surface area contributed by atoms with Gasteiger partial charge in [0.05, 0.1) is 39.9 Å². The third-order valence-corrected chi connectivity index (χ3v) is 12.9. The van der Waals surface area contributed by atoms with Gasteiger partial charge in [-0.2, -0.15) is 0 Å². The lowest BCUT2D eigenvalue weighted by Crippen LogP contribution is -2.46. The quantitative estimate of drug-likeness (QED) is 0.0243. The minimum atomic E-state index is -4.31. The number of aliphatic hydroxyl groups is 1. The molecular weight excluding hydrogens is 852 g/mol. The Hall–Kier alpha value is -2.32. The fourth-order valence-electron chi connectivity index (χ4n) is 7.61. The summed E-state index contributed by atoms with van der Waals surface area (Å²) in [6, 6.07) is -0.761. The highest BCUT2D eigenvalue weighted by molar-refractivity contribution is 7.47. The number of hydrogen-bond donors (Lipinski definition) is 3. The number of nitrogens with zero attached hydrogens (tertiary/aromatic N) is 1. The summed E-state index contributed by atoms with van der Waals surface area (Å²) in [5, 5.41) is 13.9. The van der Waals surface area contributed by atoms with Crippen molar-refractivity contribution in [3.63, 3.8) is 0 Å². The van der Waals surface area contributed by atoms with Crippen LogP contribution in [0.15, 0.2) is 85.1 Å². The first kappa shape index (κ1) is 64.7. The number of likely N-dealkylation sites (N-methyl/N-ethyl adjacent to an activating group) is 1. The Balaban J connectivity index is 3.91. The smallest absolute Gasteiger partial charge is 0.391 e. The Bertz CT molecular complexity index is 1360. The molecular formula is C58H106N2O6P+. The van der Waals surface area contributed by atoms with Crippen molar-refractivity contribution in [3.05, 3.63) is 85.1 Å². The van der Waals surface area contributed by atoms with Crippen LogP contribution in [0.5, 0.6) is 0 Å². The van der Waals surface area contributed by atoms with Crippen LogP contribution >= 0.6 is 7.82 Å². The molecule has 388 valence electrons. The number of nitrogens with one attached hydrogen (secondary N) is 1. The van der Waals surface area contributed by atoms with E-state index < -0.39 is 20.0 Å². The molecule has 0 rings (SSSR count). The number of quaternary nitrogens is 1. The zero-order chi connectivity index (χ0) is 49.2. The lowest BCUT2D eigenvalue weighted by molar-refractivity contribution is -0.870. The zero-order valence-corrected chi connectivity index (χ0v) is 45.0. The Morgan fingerprint density at radius 3 is 1.31 bits per heavy atom. The van der Waals surface area contributed by atoms with E-state index in [1.54, 1.807) is 0 Å². The summed E-state index contributed by atoms with van der Waals surface area (Å²) in [6.45, 7) is 4.73. The Labute approximate surface area is 414 Å². The van der Waals surface area contributed by atoms with Crippen LogP contribution in [-0.2, 0) is 18.4 Å². The van der Waals surface area contributed by atoms with Gasteiger partial charge < -0.3 is 19.8 Å². The SMILES string of the molecule is CC/C=C\C/C=C\C/C=C\C/C=C\C/C=C\C/C=C\C/C=C\CCCCCCCCCCCCCCCCCC(=O)NC(COP(=O)(O)OCC[N+](C)(C)C)C(O)CCCCCCCCCC. The van der Waals surface area contributed by atoms with Crippen LogP contribution in [0.3, 0.4) is 0 Å². The molecule has 3 N–H and O–H groups in total. The number of carbonyl (C=O) groups excluding carboxylic acids is 1. The van der Waals surface area contributed by atoms with Gasteiger partial charge >= 0.3 is 7.82 Å². The number of rotatable bonds is 49. The minimum absolute atomic E-state index is 0.0722. The van der Waals surface area contributed by atoms with E-state index in [1.165, 1.54) is 116 Å². The summed E-state index contributed by atoms with van der Waals surface area (Å²) in [6.07, 6.45) is 68.1. The van der Waals surface area contributed by atoms with Crippen molar-refractivity contribution in [3.8, 4) is 0 Å². The molecule has 0 aromatic heterocycles. The van der Waals surface area contributed by atoms with Crippen molar-refractivity contribution in [2.24, 2.45) is 0 Å². The van der Waals surface area contributed by atoms with Crippen molar-refractivity contribution in [1.82, 2.24) is 5.32 Å². The third kappa shape index (κ3) is 51.4. The molecule has 9 heteroatoms. The van der Waals surface area contributed by atoms with Gasteiger partial charge in [-0.15, -0.1) is 0 Å². The number of phosphoric ester groups is 1. The summed E-state index contributed by atoms with van der Waals surface area (Å²) >= 11 is 0. The second-order valence-electron chi connectivity index (χ2n) is 19.6. The molecule has 3 atom stereocenters. The Morgan fingerprint density at radius 2 is 0.896 bits per heavy atom. The summed E-state index contributed by atoms with van der Waals surface area (Å²) in [5.74, 6) is -0.150. The molecule has 0 aliphatic carbocycles. The molecule has 0 saturated carbocycles. The number of hydrogen-bond acceptors (Lipinski definition) is 5. The van der Waals surface area contributed by atoms with Gasteiger partial charge in [-0.05, 0) is 70.6 Å². The predicted molar refractivity (Wildman–Crippen MR) is 290 cm³/mol. The van der Waals surface area contributed by atoms with Crippen LogP contribution in [0, 0.1) is 0 Å². The van der Waals surface area contributed by atoms with Gasteiger partial charge in [0, 0.05) is 6.42 Å². The minimum Gasteiger partial charge on any atom is -0.391 e. The van der Waals surface area contributed by atoms with E-state index in [0.29, 0.717) is 23.9 Å². The maximum atomic E-state index is 12.9. The Morgan fingerprint density at radius 1 is 0.522 bits per heavy atom. The molecule has 3 unspecified atom stereocenters. The molecule has 0 aliphatic rings. The molecule has 0 bridgehead atoms. The molecule has 0 aromatic carbocycles. The van der Waals surface area contributed by atoms with Crippen molar-refractivity contribution < 1.29 is 32.9 Å². The molecule has 0 aliphatic heterocycles. The van der Waals surface area contributed by atoms with Crippen molar-refractivity contribution in [2.75, 3.05) is 40.9 Å². The summed E-state index contributed by atoms with van der Waals surface area (Å²) in [7, 11) is 1.61. The number of allylic oxidation sites excluding steroid dienone is 14. The van der Waals surface area contributed by atoms with Crippen LogP contribution < -0.4 is 5.32 Å². The fraction of sp³-hybridized carbons (Fsp3) is 0.741. The molecule has 8 nitrogen and oxygen atoms in total. The highest BCUT2D eigenvalue weighted by atomic mass is 31.2. The zero-order valence-electron chi connectivity index (χ0n) is 44.1. The van der Waals surface area contributed by atoms with Crippen molar-refractivity contribution in [1.29, 1.82) is 0 Å². The first-order valence-electron chi connectivity index (χ1n) is 27.5. The summed E-state index contributed by atoms with van der Waals surface area (Å²) in [4.78, 5) is 23.2. The summed E-state index contributed by atoms with van der Waals surface area (Å²) in [5.41, 5.74) is 0. The lowest BCUT2D eigenvalue weighted by atomic mass is 10.0. The Kier molecular flexibility index (Phi) is 47.0.